The summed E-state index contributed by atoms with van der Waals surface area (Å²) in [5.41, 5.74) is 2.06. The van der Waals surface area contributed by atoms with E-state index in [1.807, 2.05) is 26.8 Å². The normalized spacial score (nSPS) is 15.9. The van der Waals surface area contributed by atoms with Crippen molar-refractivity contribution in [3.63, 3.8) is 0 Å². The van der Waals surface area contributed by atoms with Gasteiger partial charge in [0.25, 0.3) is 5.91 Å². The van der Waals surface area contributed by atoms with E-state index >= 15 is 0 Å². The Morgan fingerprint density at radius 1 is 1.30 bits per heavy atom. The Morgan fingerprint density at radius 2 is 2.00 bits per heavy atom. The fraction of sp³-hybridized carbons (Fsp3) is 0.529. The zero-order valence-electron chi connectivity index (χ0n) is 14.0. The van der Waals surface area contributed by atoms with Crippen LogP contribution in [0.3, 0.4) is 0 Å². The molecule has 1 atom stereocenters. The highest BCUT2D eigenvalue weighted by atomic mass is 16.5. The highest BCUT2D eigenvalue weighted by molar-refractivity contribution is 5.99. The first-order chi connectivity index (χ1) is 11.0. The Kier molecular flexibility index (Phi) is 5.98. The van der Waals surface area contributed by atoms with Crippen LogP contribution in [0.15, 0.2) is 18.2 Å². The number of hydrogen-bond acceptors (Lipinski definition) is 3. The second-order valence-corrected chi connectivity index (χ2v) is 5.79. The quantitative estimate of drug-likeness (QED) is 0.895. The lowest BCUT2D eigenvalue weighted by molar-refractivity contribution is 0.0302. The summed E-state index contributed by atoms with van der Waals surface area (Å²) in [6, 6.07) is 5.25. The van der Waals surface area contributed by atoms with Crippen molar-refractivity contribution in [3.8, 4) is 0 Å². The van der Waals surface area contributed by atoms with Gasteiger partial charge < -0.3 is 20.3 Å². The number of urea groups is 1. The molecule has 126 valence electrons. The van der Waals surface area contributed by atoms with E-state index in [0.29, 0.717) is 37.6 Å². The van der Waals surface area contributed by atoms with Gasteiger partial charge in [0, 0.05) is 30.4 Å². The Hall–Kier alpha value is -2.08. The Balaban J connectivity index is 2.11. The average molecular weight is 319 g/mol. The molecule has 1 aliphatic heterocycles. The number of amides is 3. The Morgan fingerprint density at radius 3 is 2.65 bits per heavy atom. The van der Waals surface area contributed by atoms with Crippen molar-refractivity contribution in [2.24, 2.45) is 0 Å². The molecular weight excluding hydrogens is 294 g/mol. The number of carbonyl (C=O) groups is 2. The van der Waals surface area contributed by atoms with Crippen molar-refractivity contribution in [3.05, 3.63) is 29.3 Å². The van der Waals surface area contributed by atoms with E-state index in [2.05, 4.69) is 10.6 Å². The SMILES string of the molecule is CC[C@@H](C)NC(=O)Nc1cccc(C(=O)N2CCOCC2)c1C. The van der Waals surface area contributed by atoms with Gasteiger partial charge in [-0.25, -0.2) is 4.79 Å². The van der Waals surface area contributed by atoms with Gasteiger partial charge in [-0.1, -0.05) is 13.0 Å². The van der Waals surface area contributed by atoms with Gasteiger partial charge in [0.2, 0.25) is 0 Å². The summed E-state index contributed by atoms with van der Waals surface area (Å²) in [6.45, 7) is 8.16. The van der Waals surface area contributed by atoms with Crippen LogP contribution in [0.1, 0.15) is 36.2 Å². The van der Waals surface area contributed by atoms with Crippen molar-refractivity contribution >= 4 is 17.6 Å². The lowest BCUT2D eigenvalue weighted by atomic mass is 10.1. The topological polar surface area (TPSA) is 70.7 Å². The smallest absolute Gasteiger partial charge is 0.319 e. The maximum absolute atomic E-state index is 12.6. The number of benzene rings is 1. The average Bonchev–Trinajstić information content (AvgIpc) is 2.56. The van der Waals surface area contributed by atoms with E-state index in [0.717, 1.165) is 12.0 Å². The van der Waals surface area contributed by atoms with Gasteiger partial charge in [0.05, 0.1) is 13.2 Å². The van der Waals surface area contributed by atoms with Crippen LogP contribution >= 0.6 is 0 Å². The minimum absolute atomic E-state index is 0.0169. The van der Waals surface area contributed by atoms with Crippen molar-refractivity contribution in [1.82, 2.24) is 10.2 Å². The Labute approximate surface area is 137 Å². The van der Waals surface area contributed by atoms with Gasteiger partial charge >= 0.3 is 6.03 Å². The molecule has 0 aromatic heterocycles. The molecule has 2 rings (SSSR count). The summed E-state index contributed by atoms with van der Waals surface area (Å²) in [7, 11) is 0. The number of hydrogen-bond donors (Lipinski definition) is 2. The van der Waals surface area contributed by atoms with E-state index < -0.39 is 0 Å². The number of anilines is 1. The number of carbonyl (C=O) groups excluding carboxylic acids is 2. The van der Waals surface area contributed by atoms with Crippen LogP contribution in [-0.4, -0.2) is 49.2 Å². The van der Waals surface area contributed by atoms with Crippen molar-refractivity contribution in [1.29, 1.82) is 0 Å². The number of nitrogens with zero attached hydrogens (tertiary/aromatic N) is 1. The number of ether oxygens (including phenoxy) is 1. The highest BCUT2D eigenvalue weighted by Gasteiger charge is 2.21. The predicted molar refractivity (Wildman–Crippen MR) is 89.8 cm³/mol. The molecular formula is C17H25N3O3. The zero-order valence-corrected chi connectivity index (χ0v) is 14.0. The summed E-state index contributed by atoms with van der Waals surface area (Å²) >= 11 is 0. The molecule has 0 unspecified atom stereocenters. The molecule has 23 heavy (non-hydrogen) atoms. The van der Waals surface area contributed by atoms with E-state index in [9.17, 15) is 9.59 Å². The molecule has 6 heteroatoms. The largest absolute Gasteiger partial charge is 0.378 e. The molecule has 0 spiro atoms. The zero-order chi connectivity index (χ0) is 16.8. The molecule has 1 aromatic carbocycles. The number of nitrogens with one attached hydrogen (secondary N) is 2. The van der Waals surface area contributed by atoms with E-state index in [4.69, 9.17) is 4.74 Å². The minimum Gasteiger partial charge on any atom is -0.378 e. The molecule has 1 fully saturated rings. The van der Waals surface area contributed by atoms with Crippen molar-refractivity contribution < 1.29 is 14.3 Å². The summed E-state index contributed by atoms with van der Waals surface area (Å²) in [5, 5.41) is 5.68. The van der Waals surface area contributed by atoms with Crippen molar-refractivity contribution in [2.45, 2.75) is 33.2 Å². The fourth-order valence-electron chi connectivity index (χ4n) is 2.42. The van der Waals surface area contributed by atoms with Gasteiger partial charge in [-0.2, -0.15) is 0 Å². The molecule has 0 aliphatic carbocycles. The summed E-state index contributed by atoms with van der Waals surface area (Å²) in [6.07, 6.45) is 0.863. The first-order valence-corrected chi connectivity index (χ1v) is 8.07. The van der Waals surface area contributed by atoms with E-state index in [1.54, 1.807) is 17.0 Å². The van der Waals surface area contributed by atoms with Crippen LogP contribution in [0.25, 0.3) is 0 Å². The van der Waals surface area contributed by atoms with Crippen LogP contribution in [-0.2, 0) is 4.74 Å². The molecule has 2 N–H and O–H groups in total. The predicted octanol–water partition coefficient (Wildman–Crippen LogP) is 2.39. The first-order valence-electron chi connectivity index (χ1n) is 8.07. The molecule has 0 bridgehead atoms. The van der Waals surface area contributed by atoms with Crippen LogP contribution < -0.4 is 10.6 Å². The second kappa shape index (κ2) is 7.97. The minimum atomic E-state index is -0.251. The standard InChI is InChI=1S/C17H25N3O3/c1-4-12(2)18-17(22)19-15-7-5-6-14(13(15)3)16(21)20-8-10-23-11-9-20/h5-7,12H,4,8-11H2,1-3H3,(H2,18,19,22)/t12-/m1/s1. The molecule has 0 radical (unpaired) electrons. The fourth-order valence-corrected chi connectivity index (χ4v) is 2.42. The third-order valence-corrected chi connectivity index (χ3v) is 4.10. The van der Waals surface area contributed by atoms with Gasteiger partial charge in [0.1, 0.15) is 0 Å². The first kappa shape index (κ1) is 17.3. The Bertz CT molecular complexity index is 568. The van der Waals surface area contributed by atoms with Crippen LogP contribution in [0, 0.1) is 6.92 Å². The molecule has 1 aliphatic rings. The summed E-state index contributed by atoms with van der Waals surface area (Å²) < 4.78 is 5.28. The highest BCUT2D eigenvalue weighted by Crippen LogP contribution is 2.21. The molecule has 1 heterocycles. The van der Waals surface area contributed by atoms with Crippen LogP contribution in [0.4, 0.5) is 10.5 Å². The lowest BCUT2D eigenvalue weighted by Gasteiger charge is -2.27. The van der Waals surface area contributed by atoms with Gasteiger partial charge in [0.15, 0.2) is 0 Å². The lowest BCUT2D eigenvalue weighted by Crippen LogP contribution is -2.41. The van der Waals surface area contributed by atoms with Gasteiger partial charge in [-0.05, 0) is 38.0 Å². The number of morpholine rings is 1. The summed E-state index contributed by atoms with van der Waals surface area (Å²) in [5.74, 6) is -0.0169. The monoisotopic (exact) mass is 319 g/mol. The third kappa shape index (κ3) is 4.45. The second-order valence-electron chi connectivity index (χ2n) is 5.79. The van der Waals surface area contributed by atoms with E-state index in [-0.39, 0.29) is 18.0 Å². The van der Waals surface area contributed by atoms with Crippen LogP contribution in [0.5, 0.6) is 0 Å². The number of rotatable bonds is 4. The molecule has 1 saturated heterocycles. The maximum atomic E-state index is 12.6. The van der Waals surface area contributed by atoms with Gasteiger partial charge in [-0.15, -0.1) is 0 Å². The maximum Gasteiger partial charge on any atom is 0.319 e. The van der Waals surface area contributed by atoms with Crippen molar-refractivity contribution in [2.75, 3.05) is 31.6 Å². The summed E-state index contributed by atoms with van der Waals surface area (Å²) in [4.78, 5) is 26.4. The molecule has 6 nitrogen and oxygen atoms in total. The van der Waals surface area contributed by atoms with Gasteiger partial charge in [-0.3, -0.25) is 4.79 Å². The van der Waals surface area contributed by atoms with E-state index in [1.165, 1.54) is 0 Å². The molecule has 1 aromatic rings. The molecule has 0 saturated carbocycles. The third-order valence-electron chi connectivity index (χ3n) is 4.10. The van der Waals surface area contributed by atoms with Crippen LogP contribution in [0.2, 0.25) is 0 Å². The molecule has 3 amide bonds.